The maximum absolute atomic E-state index is 12.3. The molecule has 1 unspecified atom stereocenters. The Kier molecular flexibility index (Phi) is 5.65. The van der Waals surface area contributed by atoms with Crippen LogP contribution in [0.1, 0.15) is 55.3 Å². The number of benzene rings is 1. The first-order chi connectivity index (χ1) is 13.2. The predicted molar refractivity (Wildman–Crippen MR) is 112 cm³/mol. The van der Waals surface area contributed by atoms with Gasteiger partial charge in [0.15, 0.2) is 11.6 Å². The molecule has 0 saturated carbocycles. The smallest absolute Gasteiger partial charge is 0.167 e. The Morgan fingerprint density at radius 1 is 0.815 bits per heavy atom. The lowest BCUT2D eigenvalue weighted by atomic mass is 9.83. The van der Waals surface area contributed by atoms with Crippen molar-refractivity contribution in [1.82, 2.24) is 0 Å². The molecule has 0 spiro atoms. The van der Waals surface area contributed by atoms with Crippen molar-refractivity contribution >= 4 is 34.2 Å². The molecule has 2 nitrogen and oxygen atoms in total. The van der Waals surface area contributed by atoms with Crippen LogP contribution in [0.2, 0.25) is 0 Å². The first-order valence-corrected chi connectivity index (χ1v) is 11.2. The predicted octanol–water partition coefficient (Wildman–Crippen LogP) is 6.00. The van der Waals surface area contributed by atoms with Gasteiger partial charge in [-0.1, -0.05) is 30.3 Å². The van der Waals surface area contributed by atoms with Gasteiger partial charge < -0.3 is 0 Å². The van der Waals surface area contributed by atoms with Crippen molar-refractivity contribution in [2.45, 2.75) is 38.5 Å². The molecule has 0 aliphatic heterocycles. The van der Waals surface area contributed by atoms with E-state index in [4.69, 9.17) is 0 Å². The van der Waals surface area contributed by atoms with Gasteiger partial charge in [0.2, 0.25) is 0 Å². The second kappa shape index (κ2) is 8.32. The summed E-state index contributed by atoms with van der Waals surface area (Å²) in [5.74, 6) is 0.860. The molecule has 2 heterocycles. The number of aryl methyl sites for hydroxylation is 2. The van der Waals surface area contributed by atoms with Crippen LogP contribution in [0.25, 0.3) is 0 Å². The maximum atomic E-state index is 12.3. The van der Waals surface area contributed by atoms with E-state index >= 15 is 0 Å². The lowest BCUT2D eigenvalue weighted by molar-refractivity contribution is 0.0902. The molecule has 0 saturated heterocycles. The third kappa shape index (κ3) is 4.12. The zero-order chi connectivity index (χ0) is 18.6. The quantitative estimate of drug-likeness (QED) is 0.534. The summed E-state index contributed by atoms with van der Waals surface area (Å²) in [5, 5.41) is 4.04. The van der Waals surface area contributed by atoms with Crippen LogP contribution in [-0.2, 0) is 19.3 Å². The number of Topliss-reactive ketones (excluding diaryl/α,β-unsaturated/α-hetero) is 2. The molecule has 138 valence electrons. The highest BCUT2D eigenvalue weighted by Crippen LogP contribution is 2.31. The highest BCUT2D eigenvalue weighted by atomic mass is 32.1. The molecule has 2 aromatic heterocycles. The van der Waals surface area contributed by atoms with Gasteiger partial charge >= 0.3 is 0 Å². The van der Waals surface area contributed by atoms with Crippen LogP contribution in [0.5, 0.6) is 0 Å². The van der Waals surface area contributed by atoms with Crippen molar-refractivity contribution in [2.24, 2.45) is 5.92 Å². The van der Waals surface area contributed by atoms with Crippen LogP contribution in [0, 0.1) is 5.92 Å². The number of rotatable bonds is 2. The van der Waals surface area contributed by atoms with Gasteiger partial charge in [0, 0.05) is 33.2 Å². The molecular formula is C23H22O2S2. The second-order valence-electron chi connectivity index (χ2n) is 7.08. The molecule has 2 aliphatic rings. The third-order valence-electron chi connectivity index (χ3n) is 5.28. The van der Waals surface area contributed by atoms with Crippen LogP contribution in [0.15, 0.2) is 53.2 Å². The number of ketones is 2. The Labute approximate surface area is 167 Å². The maximum Gasteiger partial charge on any atom is 0.167 e. The van der Waals surface area contributed by atoms with E-state index in [0.29, 0.717) is 11.6 Å². The van der Waals surface area contributed by atoms with E-state index < -0.39 is 0 Å². The van der Waals surface area contributed by atoms with E-state index in [1.165, 1.54) is 15.3 Å². The minimum atomic E-state index is 0.180. The van der Waals surface area contributed by atoms with Crippen LogP contribution in [-0.4, -0.2) is 11.6 Å². The number of thiophene rings is 2. The fourth-order valence-corrected chi connectivity index (χ4v) is 5.67. The Balaban J connectivity index is 0.000000153. The normalized spacial score (nSPS) is 18.3. The lowest BCUT2D eigenvalue weighted by Crippen LogP contribution is -2.23. The van der Waals surface area contributed by atoms with Crippen molar-refractivity contribution in [3.8, 4) is 0 Å². The van der Waals surface area contributed by atoms with Gasteiger partial charge in [-0.3, -0.25) is 9.59 Å². The third-order valence-corrected chi connectivity index (χ3v) is 7.24. The molecule has 2 aliphatic carbocycles. The fourth-order valence-electron chi connectivity index (χ4n) is 3.83. The van der Waals surface area contributed by atoms with Gasteiger partial charge in [-0.25, -0.2) is 0 Å². The van der Waals surface area contributed by atoms with E-state index in [1.54, 1.807) is 22.7 Å². The van der Waals surface area contributed by atoms with Gasteiger partial charge in [0.05, 0.1) is 0 Å². The minimum Gasteiger partial charge on any atom is -0.294 e. The number of hydrogen-bond acceptors (Lipinski definition) is 4. The molecule has 0 radical (unpaired) electrons. The monoisotopic (exact) mass is 394 g/mol. The fraction of sp³-hybridized carbons (Fsp3) is 0.304. The molecule has 0 bridgehead atoms. The summed E-state index contributed by atoms with van der Waals surface area (Å²) in [6.45, 7) is 0. The van der Waals surface area contributed by atoms with Crippen molar-refractivity contribution in [3.63, 3.8) is 0 Å². The molecule has 0 N–H and O–H groups in total. The molecule has 1 atom stereocenters. The summed E-state index contributed by atoms with van der Waals surface area (Å²) in [6, 6.07) is 14.2. The number of fused-ring (bicyclic) bond motifs is 2. The Morgan fingerprint density at radius 2 is 1.52 bits per heavy atom. The van der Waals surface area contributed by atoms with Crippen LogP contribution in [0.3, 0.4) is 0 Å². The molecule has 27 heavy (non-hydrogen) atoms. The Morgan fingerprint density at radius 3 is 2.26 bits per heavy atom. The number of carbonyl (C=O) groups excluding carboxylic acids is 2. The van der Waals surface area contributed by atoms with Gasteiger partial charge in [-0.15, -0.1) is 22.7 Å². The molecule has 3 aromatic rings. The largest absolute Gasteiger partial charge is 0.294 e. The summed E-state index contributed by atoms with van der Waals surface area (Å²) in [7, 11) is 0. The topological polar surface area (TPSA) is 34.1 Å². The van der Waals surface area contributed by atoms with Gasteiger partial charge in [0.1, 0.15) is 0 Å². The summed E-state index contributed by atoms with van der Waals surface area (Å²) in [5.41, 5.74) is 3.22. The molecule has 1 aromatic carbocycles. The second-order valence-corrected chi connectivity index (χ2v) is 9.08. The Hall–Kier alpha value is -2.04. The molecular weight excluding hydrogens is 372 g/mol. The number of hydrogen-bond donors (Lipinski definition) is 0. The Bertz CT molecular complexity index is 936. The van der Waals surface area contributed by atoms with E-state index in [9.17, 15) is 9.59 Å². The van der Waals surface area contributed by atoms with Crippen molar-refractivity contribution in [2.75, 3.05) is 0 Å². The zero-order valence-electron chi connectivity index (χ0n) is 15.1. The first-order valence-electron chi connectivity index (χ1n) is 9.46. The first kappa shape index (κ1) is 18.3. The zero-order valence-corrected chi connectivity index (χ0v) is 16.8. The molecule has 5 rings (SSSR count). The van der Waals surface area contributed by atoms with Crippen LogP contribution >= 0.6 is 22.7 Å². The van der Waals surface area contributed by atoms with Crippen molar-refractivity contribution < 1.29 is 9.59 Å². The van der Waals surface area contributed by atoms with Gasteiger partial charge in [-0.2, -0.15) is 0 Å². The van der Waals surface area contributed by atoms with E-state index in [0.717, 1.165) is 49.7 Å². The minimum absolute atomic E-state index is 0.180. The average molecular weight is 395 g/mol. The van der Waals surface area contributed by atoms with Crippen molar-refractivity contribution in [3.05, 3.63) is 79.7 Å². The molecule has 0 amide bonds. The van der Waals surface area contributed by atoms with Crippen LogP contribution < -0.4 is 0 Å². The van der Waals surface area contributed by atoms with Crippen molar-refractivity contribution in [1.29, 1.82) is 0 Å². The summed E-state index contributed by atoms with van der Waals surface area (Å²) in [4.78, 5) is 26.0. The molecule has 0 fully saturated rings. The average Bonchev–Trinajstić information content (AvgIpc) is 3.36. The number of carbonyl (C=O) groups is 2. The summed E-state index contributed by atoms with van der Waals surface area (Å²) in [6.07, 6.45) is 5.86. The van der Waals surface area contributed by atoms with E-state index in [1.807, 2.05) is 41.1 Å². The highest BCUT2D eigenvalue weighted by Gasteiger charge is 2.28. The van der Waals surface area contributed by atoms with E-state index in [2.05, 4.69) is 12.1 Å². The van der Waals surface area contributed by atoms with Gasteiger partial charge in [-0.05, 0) is 60.6 Å². The SMILES string of the molecule is O=C1CCCc2sccc21.O=C1c2ccsc2CCC1Cc1ccccc1. The highest BCUT2D eigenvalue weighted by molar-refractivity contribution is 7.10. The standard InChI is InChI=1S/C15H14OS.C8H8OS/c16-15-12(10-11-4-2-1-3-5-11)6-7-14-13(15)8-9-17-14;9-7-2-1-3-8-6(7)4-5-10-8/h1-5,8-9,12H,6-7,10H2;4-5H,1-3H2. The van der Waals surface area contributed by atoms with Crippen LogP contribution in [0.4, 0.5) is 0 Å². The molecule has 4 heteroatoms. The summed E-state index contributed by atoms with van der Waals surface area (Å²) >= 11 is 3.42. The van der Waals surface area contributed by atoms with Gasteiger partial charge in [0.25, 0.3) is 0 Å². The summed E-state index contributed by atoms with van der Waals surface area (Å²) < 4.78 is 0. The lowest BCUT2D eigenvalue weighted by Gasteiger charge is -2.20. The van der Waals surface area contributed by atoms with E-state index in [-0.39, 0.29) is 5.92 Å².